The zero-order chi connectivity index (χ0) is 22.7. The molecule has 1 amide bonds. The van der Waals surface area contributed by atoms with Crippen LogP contribution in [-0.4, -0.2) is 54.9 Å². The summed E-state index contributed by atoms with van der Waals surface area (Å²) in [6.07, 6.45) is 7.16. The third kappa shape index (κ3) is 4.91. The number of amides is 1. The minimum absolute atomic E-state index is 0.0406. The van der Waals surface area contributed by atoms with E-state index < -0.39 is 10.0 Å². The molecule has 174 valence electrons. The molecule has 7 nitrogen and oxygen atoms in total. The number of nitrogens with zero attached hydrogens (tertiary/aromatic N) is 3. The lowest BCUT2D eigenvalue weighted by Gasteiger charge is -2.34. The van der Waals surface area contributed by atoms with E-state index in [-0.39, 0.29) is 5.91 Å². The molecule has 1 saturated heterocycles. The van der Waals surface area contributed by atoms with Crippen molar-refractivity contribution in [3.05, 3.63) is 46.8 Å². The van der Waals surface area contributed by atoms with Gasteiger partial charge < -0.3 is 9.42 Å². The van der Waals surface area contributed by atoms with E-state index in [0.717, 1.165) is 17.0 Å². The first kappa shape index (κ1) is 23.0. The van der Waals surface area contributed by atoms with Crippen LogP contribution >= 0.6 is 0 Å². The fourth-order valence-electron chi connectivity index (χ4n) is 4.92. The van der Waals surface area contributed by atoms with Crippen LogP contribution in [0.4, 0.5) is 0 Å². The van der Waals surface area contributed by atoms with Crippen molar-refractivity contribution in [2.24, 2.45) is 0 Å². The predicted octanol–water partition coefficient (Wildman–Crippen LogP) is 3.80. The average Bonchev–Trinajstić information content (AvgIpc) is 3.15. The Morgan fingerprint density at radius 1 is 1.03 bits per heavy atom. The molecule has 0 N–H and O–H groups in total. The summed E-state index contributed by atoms with van der Waals surface area (Å²) in [6.45, 7) is 5.21. The highest BCUT2D eigenvalue weighted by atomic mass is 32.2. The average molecular weight is 460 g/mol. The molecule has 8 heteroatoms. The van der Waals surface area contributed by atoms with E-state index in [1.807, 2.05) is 26.0 Å². The Bertz CT molecular complexity index is 1010. The number of hydrogen-bond donors (Lipinski definition) is 0. The van der Waals surface area contributed by atoms with E-state index in [9.17, 15) is 13.2 Å². The molecule has 0 atom stereocenters. The molecule has 0 radical (unpaired) electrons. The van der Waals surface area contributed by atoms with Gasteiger partial charge in [0.15, 0.2) is 0 Å². The normalized spacial score (nSPS) is 18.8. The summed E-state index contributed by atoms with van der Waals surface area (Å²) in [5, 5.41) is 3.93. The Labute approximate surface area is 190 Å². The molecule has 0 spiro atoms. The zero-order valence-electron chi connectivity index (χ0n) is 19.0. The molecule has 1 saturated carbocycles. The molecule has 2 heterocycles. The Balaban J connectivity index is 1.32. The molecule has 2 aliphatic rings. The van der Waals surface area contributed by atoms with Gasteiger partial charge in [-0.1, -0.05) is 36.6 Å². The molecule has 1 aromatic carbocycles. The largest absolute Gasteiger partial charge is 0.361 e. The maximum absolute atomic E-state index is 13.1. The molecule has 0 bridgehead atoms. The van der Waals surface area contributed by atoms with E-state index in [1.165, 1.54) is 42.0 Å². The number of piperazine rings is 1. The van der Waals surface area contributed by atoms with E-state index in [2.05, 4.69) is 5.16 Å². The summed E-state index contributed by atoms with van der Waals surface area (Å²) in [7, 11) is -3.54. The lowest BCUT2D eigenvalue weighted by atomic mass is 9.84. The summed E-state index contributed by atoms with van der Waals surface area (Å²) in [5.41, 5.74) is 3.05. The van der Waals surface area contributed by atoms with Gasteiger partial charge in [0.2, 0.25) is 15.9 Å². The third-order valence-electron chi connectivity index (χ3n) is 6.96. The third-order valence-corrected chi connectivity index (χ3v) is 8.87. The van der Waals surface area contributed by atoms with Crippen LogP contribution in [0.3, 0.4) is 0 Å². The smallest absolute Gasteiger partial charge is 0.243 e. The number of aryl methyl sites for hydroxylation is 2. The first-order valence-electron chi connectivity index (χ1n) is 11.7. The van der Waals surface area contributed by atoms with Crippen molar-refractivity contribution in [3.63, 3.8) is 0 Å². The second-order valence-electron chi connectivity index (χ2n) is 8.99. The number of aromatic nitrogens is 1. The molecule has 4 rings (SSSR count). The molecule has 0 unspecified atom stereocenters. The second kappa shape index (κ2) is 9.75. The molecule has 2 aromatic rings. The molecule has 2 fully saturated rings. The fourth-order valence-corrected chi connectivity index (χ4v) is 6.35. The number of hydrogen-bond acceptors (Lipinski definition) is 5. The lowest BCUT2D eigenvalue weighted by molar-refractivity contribution is -0.132. The van der Waals surface area contributed by atoms with Crippen molar-refractivity contribution in [2.45, 2.75) is 69.6 Å². The maximum Gasteiger partial charge on any atom is 0.243 e. The van der Waals surface area contributed by atoms with Crippen LogP contribution in [0.5, 0.6) is 0 Å². The number of rotatable bonds is 6. The van der Waals surface area contributed by atoms with Gasteiger partial charge in [-0.15, -0.1) is 0 Å². The van der Waals surface area contributed by atoms with Crippen molar-refractivity contribution in [1.29, 1.82) is 0 Å². The fraction of sp³-hybridized carbons (Fsp3) is 0.583. The zero-order valence-corrected chi connectivity index (χ0v) is 19.9. The van der Waals surface area contributed by atoms with Crippen LogP contribution in [0.2, 0.25) is 0 Å². The van der Waals surface area contributed by atoms with Crippen molar-refractivity contribution in [1.82, 2.24) is 14.4 Å². The first-order chi connectivity index (χ1) is 15.4. The van der Waals surface area contributed by atoms with Gasteiger partial charge in [-0.2, -0.15) is 4.31 Å². The minimum Gasteiger partial charge on any atom is -0.361 e. The van der Waals surface area contributed by atoms with E-state index in [1.54, 1.807) is 17.0 Å². The van der Waals surface area contributed by atoms with Crippen LogP contribution in [0.1, 0.15) is 67.0 Å². The minimum atomic E-state index is -3.54. The second-order valence-corrected chi connectivity index (χ2v) is 10.9. The van der Waals surface area contributed by atoms with Crippen molar-refractivity contribution in [2.75, 3.05) is 26.2 Å². The van der Waals surface area contributed by atoms with Gasteiger partial charge in [-0.3, -0.25) is 4.79 Å². The molecular formula is C24H33N3O4S. The van der Waals surface area contributed by atoms with Crippen LogP contribution in [0.25, 0.3) is 0 Å². The monoisotopic (exact) mass is 459 g/mol. The molecular weight excluding hydrogens is 426 g/mol. The Kier molecular flexibility index (Phi) is 7.00. The summed E-state index contributed by atoms with van der Waals surface area (Å²) < 4.78 is 32.9. The Morgan fingerprint density at radius 3 is 2.28 bits per heavy atom. The summed E-state index contributed by atoms with van der Waals surface area (Å²) in [5.74, 6) is 1.35. The summed E-state index contributed by atoms with van der Waals surface area (Å²) in [6, 6.07) is 7.47. The first-order valence-corrected chi connectivity index (χ1v) is 13.1. The van der Waals surface area contributed by atoms with Crippen molar-refractivity contribution in [3.8, 4) is 0 Å². The van der Waals surface area contributed by atoms with Crippen LogP contribution in [0, 0.1) is 13.8 Å². The summed E-state index contributed by atoms with van der Waals surface area (Å²) >= 11 is 0. The van der Waals surface area contributed by atoms with Gasteiger partial charge in [0, 0.05) is 38.2 Å². The van der Waals surface area contributed by atoms with Gasteiger partial charge in [0.05, 0.1) is 10.6 Å². The molecule has 1 aromatic heterocycles. The SMILES string of the molecule is Cc1noc(C)c1CCC(=O)N1CCN(S(=O)(=O)c2ccc(C3CCCCC3)cc2)CC1. The van der Waals surface area contributed by atoms with Gasteiger partial charge in [-0.25, -0.2) is 8.42 Å². The highest BCUT2D eigenvalue weighted by molar-refractivity contribution is 7.89. The van der Waals surface area contributed by atoms with Gasteiger partial charge >= 0.3 is 0 Å². The maximum atomic E-state index is 13.1. The van der Waals surface area contributed by atoms with Crippen LogP contribution in [-0.2, 0) is 21.2 Å². The number of sulfonamides is 1. The standard InChI is InChI=1S/C24H33N3O4S/c1-18-23(19(2)31-25-18)12-13-24(28)26-14-16-27(17-15-26)32(29,30)22-10-8-21(9-11-22)20-6-4-3-5-7-20/h8-11,20H,3-7,12-17H2,1-2H3. The number of benzene rings is 1. The highest BCUT2D eigenvalue weighted by Crippen LogP contribution is 2.33. The quantitative estimate of drug-likeness (QED) is 0.656. The molecule has 1 aliphatic heterocycles. The molecule has 1 aliphatic carbocycles. The number of carbonyl (C=O) groups excluding carboxylic acids is 1. The molecule has 32 heavy (non-hydrogen) atoms. The predicted molar refractivity (Wildman–Crippen MR) is 122 cm³/mol. The Hall–Kier alpha value is -2.19. The van der Waals surface area contributed by atoms with E-state index >= 15 is 0 Å². The van der Waals surface area contributed by atoms with E-state index in [0.29, 0.717) is 49.8 Å². The van der Waals surface area contributed by atoms with Crippen molar-refractivity contribution >= 4 is 15.9 Å². The van der Waals surface area contributed by atoms with Gasteiger partial charge in [-0.05, 0) is 56.7 Å². The van der Waals surface area contributed by atoms with Crippen LogP contribution in [0.15, 0.2) is 33.7 Å². The summed E-state index contributed by atoms with van der Waals surface area (Å²) in [4.78, 5) is 14.7. The topological polar surface area (TPSA) is 83.7 Å². The van der Waals surface area contributed by atoms with Gasteiger partial charge in [0.25, 0.3) is 0 Å². The number of carbonyl (C=O) groups is 1. The lowest BCUT2D eigenvalue weighted by Crippen LogP contribution is -2.50. The van der Waals surface area contributed by atoms with Gasteiger partial charge in [0.1, 0.15) is 5.76 Å². The highest BCUT2D eigenvalue weighted by Gasteiger charge is 2.30. The van der Waals surface area contributed by atoms with Crippen molar-refractivity contribution < 1.29 is 17.7 Å². The van der Waals surface area contributed by atoms with E-state index in [4.69, 9.17) is 4.52 Å². The van der Waals surface area contributed by atoms with Crippen LogP contribution < -0.4 is 0 Å². The Morgan fingerprint density at radius 2 is 1.69 bits per heavy atom.